The van der Waals surface area contributed by atoms with Crippen LogP contribution in [0.3, 0.4) is 0 Å². The number of hydrogen-bond donors (Lipinski definition) is 1. The summed E-state index contributed by atoms with van der Waals surface area (Å²) in [6, 6.07) is 0. The van der Waals surface area contributed by atoms with Crippen LogP contribution in [0.15, 0.2) is 11.6 Å². The van der Waals surface area contributed by atoms with Crippen LogP contribution in [0.25, 0.3) is 0 Å². The summed E-state index contributed by atoms with van der Waals surface area (Å²) in [5.41, 5.74) is 0.781. The number of hydrogen-bond acceptors (Lipinski definition) is 1. The third kappa shape index (κ3) is 1.84. The summed E-state index contributed by atoms with van der Waals surface area (Å²) in [6.45, 7) is 4.08. The molecule has 0 aromatic heterocycles. The lowest BCUT2D eigenvalue weighted by Crippen LogP contribution is -2.20. The molecule has 1 N–H and O–H groups in total. The zero-order chi connectivity index (χ0) is 7.61. The Kier molecular flexibility index (Phi) is 2.14. The van der Waals surface area contributed by atoms with Crippen LogP contribution < -0.4 is 0 Å². The lowest BCUT2D eigenvalue weighted by molar-refractivity contribution is 0.0984. The van der Waals surface area contributed by atoms with E-state index in [4.69, 9.17) is 0 Å². The SMILES string of the molecule is CC(C)=CC1(O)CCCC1. The van der Waals surface area contributed by atoms with Gasteiger partial charge in [-0.25, -0.2) is 0 Å². The second-order valence-electron chi connectivity index (χ2n) is 3.53. The third-order valence-electron chi connectivity index (χ3n) is 2.03. The zero-order valence-corrected chi connectivity index (χ0v) is 6.85. The van der Waals surface area contributed by atoms with E-state index in [1.54, 1.807) is 0 Å². The van der Waals surface area contributed by atoms with E-state index >= 15 is 0 Å². The molecule has 1 rings (SSSR count). The molecule has 0 amide bonds. The predicted octanol–water partition coefficient (Wildman–Crippen LogP) is 2.26. The van der Waals surface area contributed by atoms with E-state index < -0.39 is 5.60 Å². The van der Waals surface area contributed by atoms with E-state index in [-0.39, 0.29) is 0 Å². The first-order valence-electron chi connectivity index (χ1n) is 4.01. The molecule has 1 aliphatic carbocycles. The van der Waals surface area contributed by atoms with E-state index in [2.05, 4.69) is 0 Å². The minimum atomic E-state index is -0.446. The first-order valence-corrected chi connectivity index (χ1v) is 4.01. The quantitative estimate of drug-likeness (QED) is 0.554. The highest BCUT2D eigenvalue weighted by Crippen LogP contribution is 2.31. The van der Waals surface area contributed by atoms with Crippen LogP contribution in [0.1, 0.15) is 39.5 Å². The standard InChI is InChI=1S/C9H16O/c1-8(2)7-9(10)5-3-4-6-9/h7,10H,3-6H2,1-2H3. The van der Waals surface area contributed by atoms with Crippen LogP contribution in [0.4, 0.5) is 0 Å². The molecule has 0 aromatic rings. The molecular weight excluding hydrogens is 124 g/mol. The topological polar surface area (TPSA) is 20.2 Å². The van der Waals surface area contributed by atoms with Crippen molar-refractivity contribution in [2.45, 2.75) is 45.1 Å². The molecule has 0 spiro atoms. The Morgan fingerprint density at radius 2 is 1.80 bits per heavy atom. The molecule has 0 radical (unpaired) electrons. The van der Waals surface area contributed by atoms with Crippen molar-refractivity contribution in [2.75, 3.05) is 0 Å². The smallest absolute Gasteiger partial charge is 0.0830 e. The summed E-state index contributed by atoms with van der Waals surface area (Å²) >= 11 is 0. The fourth-order valence-corrected chi connectivity index (χ4v) is 1.67. The Labute approximate surface area is 62.8 Å². The van der Waals surface area contributed by atoms with Crippen molar-refractivity contribution < 1.29 is 5.11 Å². The van der Waals surface area contributed by atoms with Gasteiger partial charge in [0.2, 0.25) is 0 Å². The maximum atomic E-state index is 9.79. The summed E-state index contributed by atoms with van der Waals surface area (Å²) in [7, 11) is 0. The zero-order valence-electron chi connectivity index (χ0n) is 6.85. The van der Waals surface area contributed by atoms with Crippen molar-refractivity contribution in [2.24, 2.45) is 0 Å². The van der Waals surface area contributed by atoms with E-state index in [0.29, 0.717) is 0 Å². The Bertz CT molecular complexity index is 137. The molecule has 0 aliphatic heterocycles. The Morgan fingerprint density at radius 3 is 2.20 bits per heavy atom. The lowest BCUT2D eigenvalue weighted by atomic mass is 10.00. The number of aliphatic hydroxyl groups is 1. The normalized spacial score (nSPS) is 22.7. The minimum Gasteiger partial charge on any atom is -0.386 e. The van der Waals surface area contributed by atoms with Gasteiger partial charge in [-0.2, -0.15) is 0 Å². The van der Waals surface area contributed by atoms with Gasteiger partial charge in [-0.05, 0) is 26.7 Å². The molecule has 0 saturated heterocycles. The van der Waals surface area contributed by atoms with Crippen LogP contribution in [0.5, 0.6) is 0 Å². The summed E-state index contributed by atoms with van der Waals surface area (Å²) in [4.78, 5) is 0. The summed E-state index contributed by atoms with van der Waals surface area (Å²) in [6.07, 6.45) is 6.27. The highest BCUT2D eigenvalue weighted by Gasteiger charge is 2.27. The van der Waals surface area contributed by atoms with Crippen LogP contribution in [-0.4, -0.2) is 10.7 Å². The van der Waals surface area contributed by atoms with Gasteiger partial charge in [-0.15, -0.1) is 0 Å². The van der Waals surface area contributed by atoms with Gasteiger partial charge in [0.05, 0.1) is 5.60 Å². The Balaban J connectivity index is 2.59. The molecular formula is C9H16O. The van der Waals surface area contributed by atoms with Crippen LogP contribution >= 0.6 is 0 Å². The van der Waals surface area contributed by atoms with Crippen molar-refractivity contribution in [1.82, 2.24) is 0 Å². The van der Waals surface area contributed by atoms with Crippen molar-refractivity contribution >= 4 is 0 Å². The van der Waals surface area contributed by atoms with Crippen molar-refractivity contribution in [1.29, 1.82) is 0 Å². The monoisotopic (exact) mass is 140 g/mol. The van der Waals surface area contributed by atoms with Gasteiger partial charge < -0.3 is 5.11 Å². The lowest BCUT2D eigenvalue weighted by Gasteiger charge is -2.17. The average Bonchev–Trinajstić information content (AvgIpc) is 2.12. The molecule has 10 heavy (non-hydrogen) atoms. The van der Waals surface area contributed by atoms with Gasteiger partial charge in [-0.1, -0.05) is 24.5 Å². The minimum absolute atomic E-state index is 0.446. The summed E-state index contributed by atoms with van der Waals surface area (Å²) in [5, 5.41) is 9.79. The summed E-state index contributed by atoms with van der Waals surface area (Å²) < 4.78 is 0. The van der Waals surface area contributed by atoms with Gasteiger partial charge in [-0.3, -0.25) is 0 Å². The molecule has 0 bridgehead atoms. The summed E-state index contributed by atoms with van der Waals surface area (Å²) in [5.74, 6) is 0. The van der Waals surface area contributed by atoms with E-state index in [1.165, 1.54) is 18.4 Å². The van der Waals surface area contributed by atoms with E-state index in [1.807, 2.05) is 19.9 Å². The maximum Gasteiger partial charge on any atom is 0.0830 e. The van der Waals surface area contributed by atoms with Gasteiger partial charge in [0.25, 0.3) is 0 Å². The van der Waals surface area contributed by atoms with Crippen LogP contribution in [0.2, 0.25) is 0 Å². The van der Waals surface area contributed by atoms with Crippen molar-refractivity contribution in [3.05, 3.63) is 11.6 Å². The highest BCUT2D eigenvalue weighted by atomic mass is 16.3. The predicted molar refractivity (Wildman–Crippen MR) is 42.8 cm³/mol. The van der Waals surface area contributed by atoms with E-state index in [0.717, 1.165) is 12.8 Å². The maximum absolute atomic E-state index is 9.79. The highest BCUT2D eigenvalue weighted by molar-refractivity contribution is 5.08. The first-order chi connectivity index (χ1) is 4.62. The second-order valence-corrected chi connectivity index (χ2v) is 3.53. The molecule has 1 fully saturated rings. The molecule has 0 heterocycles. The fraction of sp³-hybridized carbons (Fsp3) is 0.778. The first kappa shape index (κ1) is 7.80. The molecule has 1 saturated carbocycles. The van der Waals surface area contributed by atoms with E-state index in [9.17, 15) is 5.11 Å². The Morgan fingerprint density at radius 1 is 1.30 bits per heavy atom. The van der Waals surface area contributed by atoms with Gasteiger partial charge in [0.15, 0.2) is 0 Å². The molecule has 58 valence electrons. The largest absolute Gasteiger partial charge is 0.386 e. The Hall–Kier alpha value is -0.300. The van der Waals surface area contributed by atoms with Gasteiger partial charge in [0.1, 0.15) is 0 Å². The second kappa shape index (κ2) is 2.75. The molecule has 0 aromatic carbocycles. The molecule has 1 nitrogen and oxygen atoms in total. The average molecular weight is 140 g/mol. The number of rotatable bonds is 1. The fourth-order valence-electron chi connectivity index (χ4n) is 1.67. The molecule has 0 atom stereocenters. The van der Waals surface area contributed by atoms with Crippen LogP contribution in [0, 0.1) is 0 Å². The third-order valence-corrected chi connectivity index (χ3v) is 2.03. The number of allylic oxidation sites excluding steroid dienone is 1. The van der Waals surface area contributed by atoms with Crippen molar-refractivity contribution in [3.63, 3.8) is 0 Å². The van der Waals surface area contributed by atoms with Gasteiger partial charge >= 0.3 is 0 Å². The molecule has 1 aliphatic rings. The van der Waals surface area contributed by atoms with Gasteiger partial charge in [0, 0.05) is 0 Å². The van der Waals surface area contributed by atoms with Crippen LogP contribution in [-0.2, 0) is 0 Å². The molecule has 1 heteroatoms. The van der Waals surface area contributed by atoms with Crippen molar-refractivity contribution in [3.8, 4) is 0 Å². The molecule has 0 unspecified atom stereocenters.